The smallest absolute Gasteiger partial charge is 0.432 e. The van der Waals surface area contributed by atoms with Gasteiger partial charge in [-0.1, -0.05) is 61.2 Å². The van der Waals surface area contributed by atoms with Crippen LogP contribution in [0.5, 0.6) is 0 Å². The standard InChI is InChI=1S/C26H24F4O5S2/c1-20(2)24(31)34-19-18-25(27,28)26(29,30)37(32,33)35-36(21-12-6-3-7-13-21,22-14-8-4-9-15-22)23-16-10-5-11-17-23/h3-17H,1,18-19H2,2H3. The van der Waals surface area contributed by atoms with Gasteiger partial charge in [0.15, 0.2) is 0 Å². The van der Waals surface area contributed by atoms with Crippen molar-refractivity contribution in [3.05, 3.63) is 103 Å². The summed E-state index contributed by atoms with van der Waals surface area (Å²) in [6.45, 7) is 3.35. The lowest BCUT2D eigenvalue weighted by Gasteiger charge is -2.40. The number of alkyl halides is 4. The van der Waals surface area contributed by atoms with Gasteiger partial charge in [-0.3, -0.25) is 0 Å². The van der Waals surface area contributed by atoms with Gasteiger partial charge >= 0.3 is 27.3 Å². The van der Waals surface area contributed by atoms with Gasteiger partial charge in [-0.05, 0) is 53.6 Å². The molecule has 0 spiro atoms. The molecule has 3 rings (SSSR count). The number of ether oxygens (including phenoxy) is 1. The normalized spacial score (nSPS) is 13.1. The third-order valence-corrected chi connectivity index (χ3v) is 10.4. The van der Waals surface area contributed by atoms with Crippen LogP contribution in [0.25, 0.3) is 0 Å². The van der Waals surface area contributed by atoms with Gasteiger partial charge < -0.3 is 4.74 Å². The van der Waals surface area contributed by atoms with Crippen molar-refractivity contribution in [2.24, 2.45) is 0 Å². The Morgan fingerprint density at radius 3 is 1.51 bits per heavy atom. The molecule has 198 valence electrons. The minimum absolute atomic E-state index is 0.131. The van der Waals surface area contributed by atoms with E-state index in [4.69, 9.17) is 3.63 Å². The SMILES string of the molecule is C=C(C)C(=O)OCCC(F)(F)C(F)(F)S(=O)(=O)OS(c1ccccc1)(c1ccccc1)c1ccccc1. The maximum absolute atomic E-state index is 15.1. The van der Waals surface area contributed by atoms with Crippen LogP contribution in [-0.4, -0.2) is 32.2 Å². The van der Waals surface area contributed by atoms with Crippen LogP contribution in [0.4, 0.5) is 17.6 Å². The molecule has 37 heavy (non-hydrogen) atoms. The summed E-state index contributed by atoms with van der Waals surface area (Å²) in [6, 6.07) is 23.1. The van der Waals surface area contributed by atoms with Crippen LogP contribution in [0.2, 0.25) is 0 Å². The molecule has 0 saturated carbocycles. The highest BCUT2D eigenvalue weighted by Crippen LogP contribution is 2.70. The zero-order valence-corrected chi connectivity index (χ0v) is 21.3. The summed E-state index contributed by atoms with van der Waals surface area (Å²) in [7, 11) is -9.77. The third kappa shape index (κ3) is 5.73. The van der Waals surface area contributed by atoms with Gasteiger partial charge in [0.25, 0.3) is 0 Å². The third-order valence-electron chi connectivity index (χ3n) is 5.15. The summed E-state index contributed by atoms with van der Waals surface area (Å²) in [5.74, 6) is -6.20. The highest BCUT2D eigenvalue weighted by atomic mass is 32.3. The Morgan fingerprint density at radius 2 is 1.16 bits per heavy atom. The molecule has 0 amide bonds. The lowest BCUT2D eigenvalue weighted by molar-refractivity contribution is -0.173. The second kappa shape index (κ2) is 11.1. The monoisotopic (exact) mass is 556 g/mol. The Bertz CT molecular complexity index is 1240. The van der Waals surface area contributed by atoms with Gasteiger partial charge in [0.1, 0.15) is 0 Å². The molecule has 0 aliphatic rings. The summed E-state index contributed by atoms with van der Waals surface area (Å²) in [4.78, 5) is 12.0. The fourth-order valence-electron chi connectivity index (χ4n) is 3.26. The Balaban J connectivity index is 2.12. The van der Waals surface area contributed by atoms with Crippen LogP contribution >= 0.6 is 10.3 Å². The van der Waals surface area contributed by atoms with Gasteiger partial charge in [-0.15, -0.1) is 0 Å². The van der Waals surface area contributed by atoms with E-state index in [1.54, 1.807) is 54.6 Å². The molecular weight excluding hydrogens is 532 g/mol. The molecular formula is C26H24F4O5S2. The van der Waals surface area contributed by atoms with Crippen molar-refractivity contribution in [3.63, 3.8) is 0 Å². The molecule has 0 bridgehead atoms. The number of hydrogen-bond donors (Lipinski definition) is 0. The van der Waals surface area contributed by atoms with Gasteiger partial charge in [0.2, 0.25) is 0 Å². The van der Waals surface area contributed by atoms with Crippen molar-refractivity contribution in [2.45, 2.75) is 39.2 Å². The van der Waals surface area contributed by atoms with E-state index >= 15 is 8.78 Å². The molecule has 0 radical (unpaired) electrons. The first kappa shape index (κ1) is 28.4. The summed E-state index contributed by atoms with van der Waals surface area (Å²) >= 11 is 0. The number of carbonyl (C=O) groups is 1. The van der Waals surface area contributed by atoms with Crippen LogP contribution in [0, 0.1) is 0 Å². The van der Waals surface area contributed by atoms with E-state index in [1.807, 2.05) is 0 Å². The fourth-order valence-corrected chi connectivity index (χ4v) is 8.53. The van der Waals surface area contributed by atoms with Crippen molar-refractivity contribution in [1.82, 2.24) is 0 Å². The van der Waals surface area contributed by atoms with Gasteiger partial charge in [0.05, 0.1) is 13.0 Å². The number of carbonyl (C=O) groups excluding carboxylic acids is 1. The van der Waals surface area contributed by atoms with E-state index in [0.29, 0.717) is 0 Å². The Morgan fingerprint density at radius 1 is 0.784 bits per heavy atom. The molecule has 3 aromatic carbocycles. The zero-order valence-electron chi connectivity index (χ0n) is 19.7. The van der Waals surface area contributed by atoms with Crippen molar-refractivity contribution < 1.29 is 39.1 Å². The molecule has 0 aromatic heterocycles. The van der Waals surface area contributed by atoms with E-state index in [9.17, 15) is 22.0 Å². The summed E-state index contributed by atoms with van der Waals surface area (Å²) in [5, 5.41) is -5.66. The molecule has 0 atom stereocenters. The van der Waals surface area contributed by atoms with Crippen molar-refractivity contribution in [2.75, 3.05) is 6.61 Å². The summed E-state index contributed by atoms with van der Waals surface area (Å²) in [6.07, 6.45) is -1.76. The summed E-state index contributed by atoms with van der Waals surface area (Å²) < 4.78 is 95.7. The maximum atomic E-state index is 15.1. The van der Waals surface area contributed by atoms with Gasteiger partial charge in [0, 0.05) is 20.3 Å². The second-order valence-corrected chi connectivity index (χ2v) is 12.4. The molecule has 0 aliphatic carbocycles. The number of esters is 1. The summed E-state index contributed by atoms with van der Waals surface area (Å²) in [5.41, 5.74) is -0.131. The molecule has 3 aromatic rings. The van der Waals surface area contributed by atoms with Gasteiger partial charge in [-0.2, -0.15) is 26.0 Å². The highest BCUT2D eigenvalue weighted by Gasteiger charge is 2.67. The van der Waals surface area contributed by atoms with E-state index in [-0.39, 0.29) is 20.3 Å². The average molecular weight is 557 g/mol. The Hall–Kier alpha value is -3.15. The molecule has 0 fully saturated rings. The molecule has 11 heteroatoms. The van der Waals surface area contributed by atoms with Crippen LogP contribution in [0.1, 0.15) is 13.3 Å². The van der Waals surface area contributed by atoms with Crippen molar-refractivity contribution >= 4 is 26.4 Å². The maximum Gasteiger partial charge on any atom is 0.432 e. The highest BCUT2D eigenvalue weighted by molar-refractivity contribution is 8.33. The van der Waals surface area contributed by atoms with Crippen molar-refractivity contribution in [1.29, 1.82) is 0 Å². The van der Waals surface area contributed by atoms with E-state index in [0.717, 1.165) is 0 Å². The minimum Gasteiger partial charge on any atom is -0.462 e. The number of halogens is 4. The predicted molar refractivity (Wildman–Crippen MR) is 132 cm³/mol. The van der Waals surface area contributed by atoms with Crippen molar-refractivity contribution in [3.8, 4) is 0 Å². The Kier molecular flexibility index (Phi) is 8.51. The van der Waals surface area contributed by atoms with E-state index in [2.05, 4.69) is 11.3 Å². The van der Waals surface area contributed by atoms with Crippen LogP contribution in [0.3, 0.4) is 0 Å². The first-order valence-corrected chi connectivity index (χ1v) is 13.8. The Labute approximate surface area is 214 Å². The first-order chi connectivity index (χ1) is 17.3. The molecule has 5 nitrogen and oxygen atoms in total. The van der Waals surface area contributed by atoms with Crippen LogP contribution < -0.4 is 0 Å². The quantitative estimate of drug-likeness (QED) is 0.145. The van der Waals surface area contributed by atoms with Gasteiger partial charge in [-0.25, -0.2) is 8.42 Å². The fraction of sp³-hybridized carbons (Fsp3) is 0.192. The lowest BCUT2D eigenvalue weighted by Crippen LogP contribution is -2.48. The van der Waals surface area contributed by atoms with Crippen LogP contribution in [0.15, 0.2) is 118 Å². The largest absolute Gasteiger partial charge is 0.462 e. The molecule has 0 N–H and O–H groups in total. The predicted octanol–water partition coefficient (Wildman–Crippen LogP) is 6.97. The van der Waals surface area contributed by atoms with E-state index in [1.165, 1.54) is 43.3 Å². The first-order valence-electron chi connectivity index (χ1n) is 10.9. The zero-order chi connectivity index (χ0) is 27.3. The van der Waals surface area contributed by atoms with E-state index < -0.39 is 50.6 Å². The second-order valence-electron chi connectivity index (χ2n) is 7.90. The molecule has 0 heterocycles. The van der Waals surface area contributed by atoms with Crippen LogP contribution in [-0.2, 0) is 23.3 Å². The number of hydrogen-bond acceptors (Lipinski definition) is 5. The number of benzene rings is 3. The molecule has 0 saturated heterocycles. The minimum atomic E-state index is -6.29. The lowest BCUT2D eigenvalue weighted by atomic mass is 10.2. The average Bonchev–Trinajstić information content (AvgIpc) is 2.88. The topological polar surface area (TPSA) is 69.7 Å². The number of rotatable bonds is 11. The molecule has 0 aliphatic heterocycles. The molecule has 0 unspecified atom stereocenters.